The number of aryl methyl sites for hydroxylation is 1. The Labute approximate surface area is 84.4 Å². The highest BCUT2D eigenvalue weighted by Gasteiger charge is 2.07. The quantitative estimate of drug-likeness (QED) is 0.716. The van der Waals surface area contributed by atoms with Crippen LogP contribution < -0.4 is 0 Å². The Morgan fingerprint density at radius 3 is 2.77 bits per heavy atom. The van der Waals surface area contributed by atoms with Crippen LogP contribution in [0.2, 0.25) is 0 Å². The fourth-order valence-electron chi connectivity index (χ4n) is 1.39. The molecule has 0 saturated carbocycles. The highest BCUT2D eigenvalue weighted by atomic mass is 32.1. The molecule has 0 spiro atoms. The molecule has 1 nitrogen and oxygen atoms in total. The molecular formula is C11H18OS. The van der Waals surface area contributed by atoms with Crippen LogP contribution in [0.25, 0.3) is 0 Å². The lowest BCUT2D eigenvalue weighted by Crippen LogP contribution is -1.94. The molecule has 0 saturated heterocycles. The zero-order valence-corrected chi connectivity index (χ0v) is 9.23. The molecule has 2 heteroatoms. The van der Waals surface area contributed by atoms with Gasteiger partial charge in [0.1, 0.15) is 0 Å². The minimum absolute atomic E-state index is 0.239. The lowest BCUT2D eigenvalue weighted by atomic mass is 10.1. The average Bonchev–Trinajstić information content (AvgIpc) is 2.52. The van der Waals surface area contributed by atoms with Crippen molar-refractivity contribution in [3.8, 4) is 0 Å². The third-order valence-electron chi connectivity index (χ3n) is 2.22. The van der Waals surface area contributed by atoms with E-state index in [1.165, 1.54) is 17.7 Å². The Morgan fingerprint density at radius 1 is 1.46 bits per heavy atom. The Bertz CT molecular complexity index is 242. The SMILES string of the molecule is CCCCCC(O)c1csc(C)c1. The summed E-state index contributed by atoms with van der Waals surface area (Å²) >= 11 is 1.71. The number of aliphatic hydroxyl groups excluding tert-OH is 1. The summed E-state index contributed by atoms with van der Waals surface area (Å²) in [5, 5.41) is 11.8. The first-order valence-electron chi connectivity index (χ1n) is 4.97. The van der Waals surface area contributed by atoms with Crippen molar-refractivity contribution in [2.24, 2.45) is 0 Å². The maximum absolute atomic E-state index is 9.77. The second-order valence-corrected chi connectivity index (χ2v) is 4.62. The van der Waals surface area contributed by atoms with Crippen LogP contribution in [0.4, 0.5) is 0 Å². The van der Waals surface area contributed by atoms with Gasteiger partial charge in [0, 0.05) is 4.88 Å². The van der Waals surface area contributed by atoms with E-state index in [-0.39, 0.29) is 6.10 Å². The molecule has 1 heterocycles. The Hall–Kier alpha value is -0.340. The number of thiophene rings is 1. The van der Waals surface area contributed by atoms with Gasteiger partial charge < -0.3 is 5.11 Å². The highest BCUT2D eigenvalue weighted by Crippen LogP contribution is 2.24. The van der Waals surface area contributed by atoms with E-state index in [0.29, 0.717) is 0 Å². The molecule has 0 amide bonds. The first-order chi connectivity index (χ1) is 6.24. The Balaban J connectivity index is 2.35. The summed E-state index contributed by atoms with van der Waals surface area (Å²) in [6, 6.07) is 2.08. The molecule has 1 aromatic rings. The molecular weight excluding hydrogens is 180 g/mol. The van der Waals surface area contributed by atoms with Gasteiger partial charge in [0.2, 0.25) is 0 Å². The van der Waals surface area contributed by atoms with Crippen molar-refractivity contribution in [3.05, 3.63) is 21.9 Å². The van der Waals surface area contributed by atoms with Crippen LogP contribution in [0.15, 0.2) is 11.4 Å². The van der Waals surface area contributed by atoms with Gasteiger partial charge in [-0.2, -0.15) is 0 Å². The molecule has 1 rings (SSSR count). The molecule has 0 fully saturated rings. The molecule has 0 aliphatic heterocycles. The summed E-state index contributed by atoms with van der Waals surface area (Å²) in [4.78, 5) is 1.28. The van der Waals surface area contributed by atoms with Crippen molar-refractivity contribution < 1.29 is 5.11 Å². The van der Waals surface area contributed by atoms with E-state index in [1.54, 1.807) is 11.3 Å². The lowest BCUT2D eigenvalue weighted by Gasteiger charge is -2.07. The lowest BCUT2D eigenvalue weighted by molar-refractivity contribution is 0.164. The molecule has 1 aromatic heterocycles. The van der Waals surface area contributed by atoms with Gasteiger partial charge in [-0.25, -0.2) is 0 Å². The van der Waals surface area contributed by atoms with Crippen LogP contribution in [0, 0.1) is 6.92 Å². The van der Waals surface area contributed by atoms with Gasteiger partial charge in [-0.3, -0.25) is 0 Å². The molecule has 1 N–H and O–H groups in total. The van der Waals surface area contributed by atoms with Gasteiger partial charge in [0.15, 0.2) is 0 Å². The summed E-state index contributed by atoms with van der Waals surface area (Å²) in [7, 11) is 0. The zero-order chi connectivity index (χ0) is 9.68. The van der Waals surface area contributed by atoms with Crippen molar-refractivity contribution in [1.29, 1.82) is 0 Å². The smallest absolute Gasteiger partial charge is 0.0798 e. The van der Waals surface area contributed by atoms with E-state index in [1.807, 2.05) is 0 Å². The van der Waals surface area contributed by atoms with Crippen molar-refractivity contribution >= 4 is 11.3 Å². The van der Waals surface area contributed by atoms with E-state index < -0.39 is 0 Å². The van der Waals surface area contributed by atoms with Crippen LogP contribution in [0.1, 0.15) is 49.2 Å². The van der Waals surface area contributed by atoms with Crippen molar-refractivity contribution in [2.75, 3.05) is 0 Å². The van der Waals surface area contributed by atoms with Gasteiger partial charge >= 0.3 is 0 Å². The van der Waals surface area contributed by atoms with Gasteiger partial charge in [0.25, 0.3) is 0 Å². The predicted octanol–water partition coefficient (Wildman–Crippen LogP) is 3.67. The molecule has 13 heavy (non-hydrogen) atoms. The molecule has 0 aromatic carbocycles. The number of hydrogen-bond acceptors (Lipinski definition) is 2. The van der Waals surface area contributed by atoms with Crippen LogP contribution >= 0.6 is 11.3 Å². The highest BCUT2D eigenvalue weighted by molar-refractivity contribution is 7.10. The maximum Gasteiger partial charge on any atom is 0.0798 e. The van der Waals surface area contributed by atoms with Gasteiger partial charge in [-0.05, 0) is 30.4 Å². The second-order valence-electron chi connectivity index (χ2n) is 3.50. The van der Waals surface area contributed by atoms with Gasteiger partial charge in [-0.15, -0.1) is 11.3 Å². The molecule has 0 aliphatic rings. The summed E-state index contributed by atoms with van der Waals surface area (Å²) < 4.78 is 0. The number of aliphatic hydroxyl groups is 1. The number of unbranched alkanes of at least 4 members (excludes halogenated alkanes) is 2. The third-order valence-corrected chi connectivity index (χ3v) is 3.10. The minimum Gasteiger partial charge on any atom is -0.388 e. The minimum atomic E-state index is -0.239. The molecule has 1 atom stereocenters. The number of hydrogen-bond donors (Lipinski definition) is 1. The van der Waals surface area contributed by atoms with Crippen molar-refractivity contribution in [1.82, 2.24) is 0 Å². The molecule has 0 aliphatic carbocycles. The van der Waals surface area contributed by atoms with Crippen LogP contribution in [0.3, 0.4) is 0 Å². The predicted molar refractivity (Wildman–Crippen MR) is 58.2 cm³/mol. The largest absolute Gasteiger partial charge is 0.388 e. The van der Waals surface area contributed by atoms with E-state index in [4.69, 9.17) is 0 Å². The number of rotatable bonds is 5. The van der Waals surface area contributed by atoms with Gasteiger partial charge in [-0.1, -0.05) is 26.2 Å². The molecule has 74 valence electrons. The summed E-state index contributed by atoms with van der Waals surface area (Å²) in [6.07, 6.45) is 4.24. The third kappa shape index (κ3) is 3.49. The Morgan fingerprint density at radius 2 is 2.23 bits per heavy atom. The van der Waals surface area contributed by atoms with Crippen LogP contribution in [-0.2, 0) is 0 Å². The first kappa shape index (κ1) is 10.7. The summed E-state index contributed by atoms with van der Waals surface area (Å²) in [6.45, 7) is 4.26. The van der Waals surface area contributed by atoms with E-state index >= 15 is 0 Å². The van der Waals surface area contributed by atoms with E-state index in [9.17, 15) is 5.11 Å². The fraction of sp³-hybridized carbons (Fsp3) is 0.636. The van der Waals surface area contributed by atoms with E-state index in [0.717, 1.165) is 18.4 Å². The summed E-state index contributed by atoms with van der Waals surface area (Å²) in [5.74, 6) is 0. The van der Waals surface area contributed by atoms with E-state index in [2.05, 4.69) is 25.3 Å². The molecule has 1 unspecified atom stereocenters. The normalized spacial score (nSPS) is 13.2. The van der Waals surface area contributed by atoms with Crippen molar-refractivity contribution in [3.63, 3.8) is 0 Å². The molecule has 0 bridgehead atoms. The average molecular weight is 198 g/mol. The Kier molecular flexibility index (Phi) is 4.46. The van der Waals surface area contributed by atoms with Crippen LogP contribution in [0.5, 0.6) is 0 Å². The standard InChI is InChI=1S/C11H18OS/c1-3-4-5-6-11(12)10-7-9(2)13-8-10/h7-8,11-12H,3-6H2,1-2H3. The fourth-order valence-corrected chi connectivity index (χ4v) is 2.14. The topological polar surface area (TPSA) is 20.2 Å². The summed E-state index contributed by atoms with van der Waals surface area (Å²) in [5.41, 5.74) is 1.10. The van der Waals surface area contributed by atoms with Crippen LogP contribution in [-0.4, -0.2) is 5.11 Å². The van der Waals surface area contributed by atoms with Crippen molar-refractivity contribution in [2.45, 2.75) is 45.6 Å². The first-order valence-corrected chi connectivity index (χ1v) is 5.85. The maximum atomic E-state index is 9.77. The second kappa shape index (κ2) is 5.40. The monoisotopic (exact) mass is 198 g/mol. The zero-order valence-electron chi connectivity index (χ0n) is 8.42. The van der Waals surface area contributed by atoms with Gasteiger partial charge in [0.05, 0.1) is 6.10 Å². The molecule has 0 radical (unpaired) electrons.